The van der Waals surface area contributed by atoms with Crippen LogP contribution in [0.1, 0.15) is 19.4 Å². The Morgan fingerprint density at radius 2 is 1.88 bits per heavy atom. The molecule has 1 amide bonds. The van der Waals surface area contributed by atoms with Crippen molar-refractivity contribution in [2.24, 2.45) is 0 Å². The lowest BCUT2D eigenvalue weighted by atomic mass is 10.1. The first-order chi connectivity index (χ1) is 12.5. The van der Waals surface area contributed by atoms with Gasteiger partial charge >= 0.3 is 0 Å². The highest BCUT2D eigenvalue weighted by Gasteiger charge is 2.17. The summed E-state index contributed by atoms with van der Waals surface area (Å²) in [7, 11) is 0. The smallest absolute Gasteiger partial charge is 0.267 e. The van der Waals surface area contributed by atoms with Crippen LogP contribution in [-0.2, 0) is 11.2 Å². The number of nitrogens with one attached hydrogen (secondary N) is 1. The summed E-state index contributed by atoms with van der Waals surface area (Å²) in [6.07, 6.45) is 0.298. The summed E-state index contributed by atoms with van der Waals surface area (Å²) in [6.45, 7) is 3.78. The number of benzene rings is 2. The minimum atomic E-state index is -0.663. The van der Waals surface area contributed by atoms with E-state index in [1.54, 1.807) is 13.0 Å². The van der Waals surface area contributed by atoms with Gasteiger partial charge in [-0.2, -0.15) is 0 Å². The van der Waals surface area contributed by atoms with Crippen LogP contribution < -0.4 is 10.1 Å². The van der Waals surface area contributed by atoms with E-state index < -0.39 is 6.10 Å². The highest BCUT2D eigenvalue weighted by atomic mass is 79.9. The van der Waals surface area contributed by atoms with Gasteiger partial charge in [0.25, 0.3) is 5.91 Å². The Bertz CT molecular complexity index is 873. The molecule has 134 valence electrons. The van der Waals surface area contributed by atoms with E-state index in [-0.39, 0.29) is 11.8 Å². The van der Waals surface area contributed by atoms with Gasteiger partial charge in [0.05, 0.1) is 0 Å². The SMILES string of the molecule is CCc1ccc(O[C@@H](C)C(=O)Nc2cc(-c3ccc(Br)cc3)no2)cc1. The molecule has 0 aliphatic heterocycles. The number of nitrogens with zero attached hydrogens (tertiary/aromatic N) is 1. The monoisotopic (exact) mass is 414 g/mol. The second-order valence-electron chi connectivity index (χ2n) is 5.83. The highest BCUT2D eigenvalue weighted by molar-refractivity contribution is 9.10. The standard InChI is InChI=1S/C20H19BrN2O3/c1-3-14-4-10-17(11-5-14)25-13(2)20(24)22-19-12-18(23-26-19)15-6-8-16(21)9-7-15/h4-13H,3H2,1-2H3,(H,22,24)/t13-/m0/s1. The van der Waals surface area contributed by atoms with Gasteiger partial charge in [0.15, 0.2) is 6.10 Å². The van der Waals surface area contributed by atoms with E-state index in [1.165, 1.54) is 5.56 Å². The van der Waals surface area contributed by atoms with Crippen LogP contribution in [0.2, 0.25) is 0 Å². The molecular weight excluding hydrogens is 396 g/mol. The first-order valence-corrected chi connectivity index (χ1v) is 9.13. The number of carbonyl (C=O) groups excluding carboxylic acids is 1. The lowest BCUT2D eigenvalue weighted by Crippen LogP contribution is -2.29. The number of anilines is 1. The van der Waals surface area contributed by atoms with Crippen LogP contribution in [0, 0.1) is 0 Å². The molecule has 3 aromatic rings. The van der Waals surface area contributed by atoms with Crippen molar-refractivity contribution >= 4 is 27.7 Å². The Labute approximate surface area is 160 Å². The van der Waals surface area contributed by atoms with Crippen molar-refractivity contribution in [1.82, 2.24) is 5.16 Å². The van der Waals surface area contributed by atoms with Crippen molar-refractivity contribution in [1.29, 1.82) is 0 Å². The van der Waals surface area contributed by atoms with Crippen LogP contribution >= 0.6 is 15.9 Å². The molecular formula is C20H19BrN2O3. The average Bonchev–Trinajstić information content (AvgIpc) is 3.11. The molecule has 1 N–H and O–H groups in total. The van der Waals surface area contributed by atoms with Crippen LogP contribution in [0.5, 0.6) is 5.75 Å². The Morgan fingerprint density at radius 3 is 2.54 bits per heavy atom. The largest absolute Gasteiger partial charge is 0.481 e. The number of hydrogen-bond donors (Lipinski definition) is 1. The summed E-state index contributed by atoms with van der Waals surface area (Å²) >= 11 is 3.39. The fraction of sp³-hybridized carbons (Fsp3) is 0.200. The quantitative estimate of drug-likeness (QED) is 0.611. The summed E-state index contributed by atoms with van der Waals surface area (Å²) in [5, 5.41) is 6.67. The van der Waals surface area contributed by atoms with Gasteiger partial charge in [0.1, 0.15) is 11.4 Å². The Kier molecular flexibility index (Phi) is 5.73. The topological polar surface area (TPSA) is 64.4 Å². The molecule has 0 fully saturated rings. The summed E-state index contributed by atoms with van der Waals surface area (Å²) in [6, 6.07) is 17.1. The molecule has 1 atom stereocenters. The predicted octanol–water partition coefficient (Wildman–Crippen LogP) is 5.07. The average molecular weight is 415 g/mol. The van der Waals surface area contributed by atoms with E-state index in [1.807, 2.05) is 48.5 Å². The minimum absolute atomic E-state index is 0.282. The highest BCUT2D eigenvalue weighted by Crippen LogP contribution is 2.23. The normalized spacial score (nSPS) is 11.8. The number of ether oxygens (including phenoxy) is 1. The van der Waals surface area contributed by atoms with Gasteiger partial charge in [-0.25, -0.2) is 0 Å². The van der Waals surface area contributed by atoms with Gasteiger partial charge in [0.2, 0.25) is 5.88 Å². The predicted molar refractivity (Wildman–Crippen MR) is 104 cm³/mol. The van der Waals surface area contributed by atoms with Gasteiger partial charge in [-0.15, -0.1) is 0 Å². The lowest BCUT2D eigenvalue weighted by Gasteiger charge is -2.13. The van der Waals surface area contributed by atoms with E-state index in [2.05, 4.69) is 33.3 Å². The van der Waals surface area contributed by atoms with Crippen LogP contribution in [0.3, 0.4) is 0 Å². The van der Waals surface area contributed by atoms with E-state index >= 15 is 0 Å². The molecule has 0 radical (unpaired) electrons. The molecule has 26 heavy (non-hydrogen) atoms. The van der Waals surface area contributed by atoms with Crippen LogP contribution in [0.15, 0.2) is 63.6 Å². The summed E-state index contributed by atoms with van der Waals surface area (Å²) in [5.74, 6) is 0.630. The van der Waals surface area contributed by atoms with E-state index in [0.29, 0.717) is 11.4 Å². The van der Waals surface area contributed by atoms with Crippen molar-refractivity contribution in [3.05, 3.63) is 64.6 Å². The molecule has 0 saturated heterocycles. The zero-order valence-electron chi connectivity index (χ0n) is 14.5. The number of hydrogen-bond acceptors (Lipinski definition) is 4. The number of aryl methyl sites for hydroxylation is 1. The maximum absolute atomic E-state index is 12.3. The molecule has 1 aromatic heterocycles. The first kappa shape index (κ1) is 18.2. The molecule has 0 aliphatic rings. The molecule has 2 aromatic carbocycles. The molecule has 5 nitrogen and oxygen atoms in total. The maximum Gasteiger partial charge on any atom is 0.267 e. The molecule has 0 aliphatic carbocycles. The van der Waals surface area contributed by atoms with Crippen molar-refractivity contribution in [3.8, 4) is 17.0 Å². The van der Waals surface area contributed by atoms with Crippen LogP contribution in [-0.4, -0.2) is 17.2 Å². The third kappa shape index (κ3) is 4.52. The number of rotatable bonds is 6. The van der Waals surface area contributed by atoms with Crippen molar-refractivity contribution in [2.75, 3.05) is 5.32 Å². The van der Waals surface area contributed by atoms with Crippen LogP contribution in [0.25, 0.3) is 11.3 Å². The first-order valence-electron chi connectivity index (χ1n) is 8.34. The van der Waals surface area contributed by atoms with Gasteiger partial charge < -0.3 is 9.26 Å². The molecule has 0 bridgehead atoms. The lowest BCUT2D eigenvalue weighted by molar-refractivity contribution is -0.122. The summed E-state index contributed by atoms with van der Waals surface area (Å²) in [4.78, 5) is 12.3. The number of amides is 1. The molecule has 6 heteroatoms. The van der Waals surface area contributed by atoms with Gasteiger partial charge in [0, 0.05) is 16.1 Å². The van der Waals surface area contributed by atoms with E-state index in [4.69, 9.17) is 9.26 Å². The molecule has 0 saturated carbocycles. The second-order valence-corrected chi connectivity index (χ2v) is 6.75. The van der Waals surface area contributed by atoms with Gasteiger partial charge in [-0.1, -0.05) is 52.3 Å². The molecule has 0 unspecified atom stereocenters. The molecule has 0 spiro atoms. The Morgan fingerprint density at radius 1 is 1.19 bits per heavy atom. The summed E-state index contributed by atoms with van der Waals surface area (Å²) in [5.41, 5.74) is 2.77. The van der Waals surface area contributed by atoms with E-state index in [0.717, 1.165) is 16.5 Å². The third-order valence-corrected chi connectivity index (χ3v) is 4.44. The number of carbonyl (C=O) groups is 1. The molecule has 1 heterocycles. The fourth-order valence-corrected chi connectivity index (χ4v) is 2.64. The number of aromatic nitrogens is 1. The number of halogens is 1. The van der Waals surface area contributed by atoms with E-state index in [9.17, 15) is 4.79 Å². The summed E-state index contributed by atoms with van der Waals surface area (Å²) < 4.78 is 11.9. The minimum Gasteiger partial charge on any atom is -0.481 e. The second kappa shape index (κ2) is 8.19. The van der Waals surface area contributed by atoms with Gasteiger partial charge in [-0.3, -0.25) is 10.1 Å². The fourth-order valence-electron chi connectivity index (χ4n) is 2.38. The Hall–Kier alpha value is -2.60. The third-order valence-electron chi connectivity index (χ3n) is 3.91. The zero-order chi connectivity index (χ0) is 18.5. The van der Waals surface area contributed by atoms with Gasteiger partial charge in [-0.05, 0) is 43.2 Å². The van der Waals surface area contributed by atoms with Crippen molar-refractivity contribution in [2.45, 2.75) is 26.4 Å². The van der Waals surface area contributed by atoms with Crippen molar-refractivity contribution in [3.63, 3.8) is 0 Å². The maximum atomic E-state index is 12.3. The molecule has 3 rings (SSSR count). The zero-order valence-corrected chi connectivity index (χ0v) is 16.1. The Balaban J connectivity index is 1.61. The van der Waals surface area contributed by atoms with Crippen LogP contribution in [0.4, 0.5) is 5.88 Å². The van der Waals surface area contributed by atoms with Crippen molar-refractivity contribution < 1.29 is 14.1 Å².